The normalized spacial score (nSPS) is 11.5. The molecule has 5 rings (SSSR count). The van der Waals surface area contributed by atoms with Gasteiger partial charge in [0.15, 0.2) is 5.65 Å². The molecule has 4 N–H and O–H groups in total. The van der Waals surface area contributed by atoms with Crippen molar-refractivity contribution in [3.63, 3.8) is 0 Å². The molecule has 3 heterocycles. The Labute approximate surface area is 196 Å². The van der Waals surface area contributed by atoms with Crippen molar-refractivity contribution >= 4 is 50.3 Å². The molecule has 15 heteroatoms. The molecule has 3 aromatic heterocycles. The number of furan rings is 1. The van der Waals surface area contributed by atoms with Gasteiger partial charge in [-0.15, -0.1) is 10.2 Å². The van der Waals surface area contributed by atoms with E-state index in [0.717, 1.165) is 10.9 Å². The highest BCUT2D eigenvalue weighted by Crippen LogP contribution is 2.25. The highest BCUT2D eigenvalue weighted by molar-refractivity contribution is 7.79. The van der Waals surface area contributed by atoms with Crippen LogP contribution in [0.5, 0.6) is 0 Å². The quantitative estimate of drug-likeness (QED) is 0.119. The minimum absolute atomic E-state index is 0.00203. The number of fused-ring (bicyclic) bond motifs is 3. The van der Waals surface area contributed by atoms with Gasteiger partial charge in [-0.1, -0.05) is 30.3 Å². The van der Waals surface area contributed by atoms with E-state index in [2.05, 4.69) is 30.7 Å². The molecule has 0 saturated heterocycles. The molecule has 5 aromatic rings. The molecule has 14 nitrogen and oxygen atoms in total. The topological polar surface area (TPSA) is 210 Å². The second-order valence-corrected chi connectivity index (χ2v) is 7.73. The summed E-state index contributed by atoms with van der Waals surface area (Å²) in [4.78, 5) is 18.0. The number of anilines is 1. The molecule has 0 aliphatic heterocycles. The first kappa shape index (κ1) is 23.4. The fourth-order valence-electron chi connectivity index (χ4n) is 3.07. The second-order valence-electron chi connectivity index (χ2n) is 6.83. The van der Waals surface area contributed by atoms with E-state index in [-0.39, 0.29) is 11.6 Å². The van der Waals surface area contributed by atoms with Crippen LogP contribution in [0.1, 0.15) is 5.76 Å². The fraction of sp³-hybridized carbons (Fsp3) is 0. The number of nitro benzene ring substituents is 1. The molecule has 0 unspecified atom stereocenters. The van der Waals surface area contributed by atoms with E-state index in [1.165, 1.54) is 18.3 Å². The van der Waals surface area contributed by atoms with E-state index in [4.69, 9.17) is 21.9 Å². The van der Waals surface area contributed by atoms with E-state index < -0.39 is 15.3 Å². The number of para-hydroxylation sites is 1. The van der Waals surface area contributed by atoms with Gasteiger partial charge in [0.2, 0.25) is 0 Å². The first-order chi connectivity index (χ1) is 16.7. The standard InChI is InChI=1S/C20H13N7O3.H2O4S/c28-27(29)13-5-3-4-12(10-13)17-9-8-14(30-17)11-21-25-20-23-19-18(24-26-20)15-6-1-2-7-16(15)22-19;1-5(2,3)4/h1-11H,(H2,22,23,25,26);(H2,1,2,3,4)/b21-11+;. The Morgan fingerprint density at radius 3 is 2.63 bits per heavy atom. The van der Waals surface area contributed by atoms with Gasteiger partial charge in [0.25, 0.3) is 11.6 Å². The average Bonchev–Trinajstić information content (AvgIpc) is 3.42. The lowest BCUT2D eigenvalue weighted by Gasteiger charge is -1.97. The second kappa shape index (κ2) is 9.64. The average molecular weight is 497 g/mol. The van der Waals surface area contributed by atoms with Crippen LogP contribution in [-0.2, 0) is 10.4 Å². The molecule has 0 radical (unpaired) electrons. The largest absolute Gasteiger partial charge is 0.455 e. The van der Waals surface area contributed by atoms with Gasteiger partial charge >= 0.3 is 10.4 Å². The summed E-state index contributed by atoms with van der Waals surface area (Å²) in [7, 11) is -4.67. The summed E-state index contributed by atoms with van der Waals surface area (Å²) in [6, 6.07) is 17.4. The highest BCUT2D eigenvalue weighted by atomic mass is 32.3. The Balaban J connectivity index is 0.000000527. The van der Waals surface area contributed by atoms with Gasteiger partial charge in [-0.05, 0) is 18.2 Å². The molecule has 35 heavy (non-hydrogen) atoms. The van der Waals surface area contributed by atoms with Crippen LogP contribution in [0.25, 0.3) is 33.4 Å². The van der Waals surface area contributed by atoms with Crippen LogP contribution in [0.3, 0.4) is 0 Å². The van der Waals surface area contributed by atoms with Gasteiger partial charge in [0.05, 0.1) is 11.1 Å². The van der Waals surface area contributed by atoms with Gasteiger partial charge in [-0.2, -0.15) is 18.5 Å². The van der Waals surface area contributed by atoms with Gasteiger partial charge in [-0.3, -0.25) is 19.2 Å². The summed E-state index contributed by atoms with van der Waals surface area (Å²) in [5.41, 5.74) is 5.55. The Morgan fingerprint density at radius 1 is 1.09 bits per heavy atom. The van der Waals surface area contributed by atoms with Crippen LogP contribution in [0.4, 0.5) is 11.6 Å². The van der Waals surface area contributed by atoms with Gasteiger partial charge in [0.1, 0.15) is 17.0 Å². The highest BCUT2D eigenvalue weighted by Gasteiger charge is 2.10. The lowest BCUT2D eigenvalue weighted by Crippen LogP contribution is -1.98. The predicted octanol–water partition coefficient (Wildman–Crippen LogP) is 3.47. The van der Waals surface area contributed by atoms with Crippen LogP contribution in [-0.4, -0.2) is 48.8 Å². The van der Waals surface area contributed by atoms with Crippen molar-refractivity contribution in [3.05, 3.63) is 76.5 Å². The number of hydrazone groups is 1. The molecular weight excluding hydrogens is 482 g/mol. The van der Waals surface area contributed by atoms with E-state index in [1.54, 1.807) is 24.3 Å². The zero-order valence-corrected chi connectivity index (χ0v) is 18.2. The third-order valence-corrected chi connectivity index (χ3v) is 4.45. The number of hydrogen-bond donors (Lipinski definition) is 4. The third-order valence-electron chi connectivity index (χ3n) is 4.45. The molecule has 0 amide bonds. The number of aromatic nitrogens is 4. The fourth-order valence-corrected chi connectivity index (χ4v) is 3.07. The molecule has 0 aliphatic rings. The number of aromatic amines is 1. The summed E-state index contributed by atoms with van der Waals surface area (Å²) in [6.07, 6.45) is 1.46. The van der Waals surface area contributed by atoms with E-state index >= 15 is 0 Å². The minimum atomic E-state index is -4.67. The predicted molar refractivity (Wildman–Crippen MR) is 125 cm³/mol. The molecule has 0 saturated carbocycles. The van der Waals surface area contributed by atoms with Crippen LogP contribution < -0.4 is 5.43 Å². The molecule has 0 spiro atoms. The van der Waals surface area contributed by atoms with Gasteiger partial charge in [0, 0.05) is 28.6 Å². The third kappa shape index (κ3) is 5.99. The maximum Gasteiger partial charge on any atom is 0.394 e. The SMILES string of the molecule is O=S(=O)(O)O.O=[N+]([O-])c1cccc(-c2ccc(/C=N/Nc3nnc4c(n3)[nH]c3ccccc34)o2)c1. The first-order valence-corrected chi connectivity index (χ1v) is 11.0. The smallest absolute Gasteiger partial charge is 0.394 e. The summed E-state index contributed by atoms with van der Waals surface area (Å²) in [6.45, 7) is 0. The van der Waals surface area contributed by atoms with Crippen molar-refractivity contribution in [1.29, 1.82) is 0 Å². The van der Waals surface area contributed by atoms with E-state index in [1.807, 2.05) is 24.3 Å². The Bertz CT molecular complexity index is 1650. The maximum atomic E-state index is 10.9. The van der Waals surface area contributed by atoms with Crippen molar-refractivity contribution < 1.29 is 26.9 Å². The molecule has 2 aromatic carbocycles. The molecule has 0 bridgehead atoms. The van der Waals surface area contributed by atoms with Crippen molar-refractivity contribution in [2.24, 2.45) is 5.10 Å². The summed E-state index contributed by atoms with van der Waals surface area (Å²) < 4.78 is 37.3. The van der Waals surface area contributed by atoms with E-state index in [0.29, 0.717) is 28.2 Å². The monoisotopic (exact) mass is 497 g/mol. The summed E-state index contributed by atoms with van der Waals surface area (Å²) in [5, 5.41) is 24.2. The molecule has 0 atom stereocenters. The van der Waals surface area contributed by atoms with Gasteiger partial charge in [-0.25, -0.2) is 5.43 Å². The van der Waals surface area contributed by atoms with E-state index in [9.17, 15) is 10.1 Å². The van der Waals surface area contributed by atoms with Crippen LogP contribution in [0.2, 0.25) is 0 Å². The van der Waals surface area contributed by atoms with Crippen LogP contribution in [0.15, 0.2) is 70.2 Å². The lowest BCUT2D eigenvalue weighted by atomic mass is 10.1. The molecule has 178 valence electrons. The van der Waals surface area contributed by atoms with Crippen molar-refractivity contribution in [2.75, 3.05) is 5.43 Å². The number of benzene rings is 2. The number of hydrogen-bond acceptors (Lipinski definition) is 10. The minimum Gasteiger partial charge on any atom is -0.455 e. The number of rotatable bonds is 5. The van der Waals surface area contributed by atoms with Gasteiger partial charge < -0.3 is 9.40 Å². The molecule has 0 fully saturated rings. The Hall–Kier alpha value is -4.73. The number of non-ortho nitro benzene ring substituents is 1. The maximum absolute atomic E-state index is 10.9. The van der Waals surface area contributed by atoms with Crippen molar-refractivity contribution in [1.82, 2.24) is 20.2 Å². The Morgan fingerprint density at radius 2 is 1.86 bits per heavy atom. The summed E-state index contributed by atoms with van der Waals surface area (Å²) >= 11 is 0. The number of H-pyrrole nitrogens is 1. The number of nitrogens with one attached hydrogen (secondary N) is 2. The zero-order valence-electron chi connectivity index (χ0n) is 17.4. The first-order valence-electron chi connectivity index (χ1n) is 9.62. The number of nitro groups is 1. The van der Waals surface area contributed by atoms with Crippen LogP contribution in [0, 0.1) is 10.1 Å². The zero-order chi connectivity index (χ0) is 25.0. The lowest BCUT2D eigenvalue weighted by molar-refractivity contribution is -0.384. The van der Waals surface area contributed by atoms with Crippen molar-refractivity contribution in [2.45, 2.75) is 0 Å². The van der Waals surface area contributed by atoms with Crippen LogP contribution >= 0.6 is 0 Å². The summed E-state index contributed by atoms with van der Waals surface area (Å²) in [5.74, 6) is 1.19. The molecular formula is C20H15N7O7S. The Kier molecular flexibility index (Phi) is 6.45. The molecule has 0 aliphatic carbocycles. The number of nitrogens with zero attached hydrogens (tertiary/aromatic N) is 5. The van der Waals surface area contributed by atoms with Crippen molar-refractivity contribution in [3.8, 4) is 11.3 Å².